The first-order chi connectivity index (χ1) is 11.7. The Morgan fingerprint density at radius 2 is 1.62 bits per heavy atom. The van der Waals surface area contributed by atoms with E-state index >= 15 is 0 Å². The van der Waals surface area contributed by atoms with Crippen LogP contribution in [0.25, 0.3) is 0 Å². The van der Waals surface area contributed by atoms with Crippen LogP contribution in [0.4, 0.5) is 0 Å². The molecule has 0 aromatic rings. The van der Waals surface area contributed by atoms with Gasteiger partial charge in [0.25, 0.3) is 0 Å². The minimum Gasteiger partial charge on any atom is -0.396 e. The largest absolute Gasteiger partial charge is 0.396 e. The topological polar surface area (TPSA) is 52.6 Å². The van der Waals surface area contributed by atoms with Crippen LogP contribution in [0, 0.1) is 0 Å². The third-order valence-electron chi connectivity index (χ3n) is 4.24. The molecule has 0 spiro atoms. The summed E-state index contributed by atoms with van der Waals surface area (Å²) in [6.07, 6.45) is 15.1. The zero-order chi connectivity index (χ0) is 17.9. The summed E-state index contributed by atoms with van der Waals surface area (Å²) in [5.41, 5.74) is 0. The van der Waals surface area contributed by atoms with E-state index in [0.29, 0.717) is 13.0 Å². The molecule has 24 heavy (non-hydrogen) atoms. The van der Waals surface area contributed by atoms with E-state index in [-0.39, 0.29) is 5.91 Å². The minimum absolute atomic E-state index is 0.163. The van der Waals surface area contributed by atoms with Crippen molar-refractivity contribution in [1.29, 1.82) is 0 Å². The van der Waals surface area contributed by atoms with E-state index in [1.54, 1.807) is 0 Å². The number of allylic oxidation sites excluding steroid dienone is 2. The van der Waals surface area contributed by atoms with Crippen LogP contribution >= 0.6 is 0 Å². The summed E-state index contributed by atoms with van der Waals surface area (Å²) in [4.78, 5) is 14.2. The van der Waals surface area contributed by atoms with E-state index in [9.17, 15) is 4.79 Å². The van der Waals surface area contributed by atoms with Crippen molar-refractivity contribution >= 4 is 5.91 Å². The molecule has 4 heteroatoms. The average Bonchev–Trinajstić information content (AvgIpc) is 2.59. The van der Waals surface area contributed by atoms with E-state index in [1.807, 2.05) is 0 Å². The fourth-order valence-electron chi connectivity index (χ4n) is 2.64. The lowest BCUT2D eigenvalue weighted by Crippen LogP contribution is -2.35. The first kappa shape index (κ1) is 23.1. The Kier molecular flexibility index (Phi) is 17.8. The molecule has 0 aromatic carbocycles. The van der Waals surface area contributed by atoms with Gasteiger partial charge in [-0.25, -0.2) is 0 Å². The highest BCUT2D eigenvalue weighted by molar-refractivity contribution is 5.75. The molecule has 0 heterocycles. The lowest BCUT2D eigenvalue weighted by molar-refractivity contribution is -0.121. The normalized spacial score (nSPS) is 11.5. The smallest absolute Gasteiger partial charge is 0.220 e. The van der Waals surface area contributed by atoms with Gasteiger partial charge in [0, 0.05) is 26.1 Å². The van der Waals surface area contributed by atoms with Crippen molar-refractivity contribution < 1.29 is 9.90 Å². The summed E-state index contributed by atoms with van der Waals surface area (Å²) in [6, 6.07) is 0. The van der Waals surface area contributed by atoms with Crippen LogP contribution in [0.15, 0.2) is 12.2 Å². The zero-order valence-corrected chi connectivity index (χ0v) is 16.1. The van der Waals surface area contributed by atoms with Gasteiger partial charge < -0.3 is 15.3 Å². The first-order valence-corrected chi connectivity index (χ1v) is 9.99. The van der Waals surface area contributed by atoms with Gasteiger partial charge in [0.05, 0.1) is 0 Å². The number of carbonyl (C=O) groups is 1. The van der Waals surface area contributed by atoms with Gasteiger partial charge in [-0.3, -0.25) is 4.79 Å². The second-order valence-corrected chi connectivity index (χ2v) is 6.43. The van der Waals surface area contributed by atoms with Gasteiger partial charge in [-0.15, -0.1) is 0 Å². The Bertz CT molecular complexity index is 306. The van der Waals surface area contributed by atoms with Gasteiger partial charge in [0.2, 0.25) is 5.91 Å². The maximum atomic E-state index is 11.7. The number of hydrogen-bond donors (Lipinski definition) is 2. The third kappa shape index (κ3) is 16.0. The number of hydrogen-bond acceptors (Lipinski definition) is 3. The van der Waals surface area contributed by atoms with Crippen molar-refractivity contribution in [3.63, 3.8) is 0 Å². The molecule has 0 aromatic heterocycles. The molecule has 1 amide bonds. The number of nitrogens with one attached hydrogen (secondary N) is 1. The number of carbonyl (C=O) groups excluding carboxylic acids is 1. The van der Waals surface area contributed by atoms with Gasteiger partial charge >= 0.3 is 0 Å². The van der Waals surface area contributed by atoms with Crippen LogP contribution < -0.4 is 5.32 Å². The molecule has 0 aliphatic carbocycles. The monoisotopic (exact) mass is 340 g/mol. The van der Waals surface area contributed by atoms with Crippen LogP contribution in [0.5, 0.6) is 0 Å². The number of rotatable bonds is 17. The number of aliphatic hydroxyl groups is 1. The van der Waals surface area contributed by atoms with Gasteiger partial charge in [-0.2, -0.15) is 0 Å². The van der Waals surface area contributed by atoms with Gasteiger partial charge in [-0.05, 0) is 38.8 Å². The molecule has 0 aliphatic rings. The zero-order valence-electron chi connectivity index (χ0n) is 16.1. The predicted molar refractivity (Wildman–Crippen MR) is 103 cm³/mol. The minimum atomic E-state index is 0.163. The number of likely N-dealkylation sites (N-methyl/N-ethyl adjacent to an activating group) is 1. The Morgan fingerprint density at radius 1 is 0.958 bits per heavy atom. The highest BCUT2D eigenvalue weighted by atomic mass is 16.2. The molecule has 0 fully saturated rings. The van der Waals surface area contributed by atoms with Gasteiger partial charge in [0.1, 0.15) is 0 Å². The first-order valence-electron chi connectivity index (χ1n) is 9.99. The van der Waals surface area contributed by atoms with E-state index < -0.39 is 0 Å². The van der Waals surface area contributed by atoms with E-state index in [0.717, 1.165) is 58.3 Å². The highest BCUT2D eigenvalue weighted by Gasteiger charge is 2.04. The van der Waals surface area contributed by atoms with Gasteiger partial charge in [-0.1, -0.05) is 58.1 Å². The summed E-state index contributed by atoms with van der Waals surface area (Å²) < 4.78 is 0. The maximum Gasteiger partial charge on any atom is 0.220 e. The quantitative estimate of drug-likeness (QED) is 0.312. The lowest BCUT2D eigenvalue weighted by Gasteiger charge is -2.20. The number of aliphatic hydroxyl groups excluding tert-OH is 1. The molecule has 0 aliphatic heterocycles. The van der Waals surface area contributed by atoms with Crippen molar-refractivity contribution in [3.05, 3.63) is 12.2 Å². The average molecular weight is 341 g/mol. The van der Waals surface area contributed by atoms with Crippen LogP contribution in [0.1, 0.15) is 78.1 Å². The molecule has 0 atom stereocenters. The summed E-state index contributed by atoms with van der Waals surface area (Å²) in [7, 11) is 0. The van der Waals surface area contributed by atoms with Crippen molar-refractivity contribution in [1.82, 2.24) is 10.2 Å². The fourth-order valence-corrected chi connectivity index (χ4v) is 2.64. The molecule has 0 saturated carbocycles. The highest BCUT2D eigenvalue weighted by Crippen LogP contribution is 2.06. The summed E-state index contributed by atoms with van der Waals surface area (Å²) >= 11 is 0. The Balaban J connectivity index is 3.54. The maximum absolute atomic E-state index is 11.7. The molecular formula is C20H40N2O2. The molecular weight excluding hydrogens is 300 g/mol. The Labute approximate surface area is 149 Å². The molecule has 0 rings (SSSR count). The summed E-state index contributed by atoms with van der Waals surface area (Å²) in [5.74, 6) is 0.163. The number of nitrogens with zero attached hydrogens (tertiary/aromatic N) is 1. The Morgan fingerprint density at radius 3 is 2.29 bits per heavy atom. The van der Waals surface area contributed by atoms with Crippen molar-refractivity contribution in [3.8, 4) is 0 Å². The predicted octanol–water partition coefficient (Wildman–Crippen LogP) is 3.89. The standard InChI is InChI=1S/C20H40N2O2/c1-3-5-6-9-12-15-20(24)21-16-18-22(4-2)17-13-10-7-8-11-14-19-23/h6,9,23H,3-5,7-8,10-19H2,1-2H3,(H,21,24)/b9-6+. The molecule has 0 radical (unpaired) electrons. The van der Waals surface area contributed by atoms with E-state index in [2.05, 4.69) is 36.2 Å². The van der Waals surface area contributed by atoms with Crippen LogP contribution in [-0.2, 0) is 4.79 Å². The second-order valence-electron chi connectivity index (χ2n) is 6.43. The fraction of sp³-hybridized carbons (Fsp3) is 0.850. The summed E-state index contributed by atoms with van der Waals surface area (Å²) in [5, 5.41) is 11.8. The SMILES string of the molecule is CCC/C=C/CCC(=O)NCCN(CC)CCCCCCCCO. The van der Waals surface area contributed by atoms with Crippen molar-refractivity contribution in [2.45, 2.75) is 78.1 Å². The molecule has 0 unspecified atom stereocenters. The van der Waals surface area contributed by atoms with Crippen LogP contribution in [0.2, 0.25) is 0 Å². The molecule has 0 bridgehead atoms. The number of unbranched alkanes of at least 4 members (excludes halogenated alkanes) is 6. The summed E-state index contributed by atoms with van der Waals surface area (Å²) in [6.45, 7) is 8.52. The molecule has 2 N–H and O–H groups in total. The van der Waals surface area contributed by atoms with E-state index in [4.69, 9.17) is 5.11 Å². The Hall–Kier alpha value is -0.870. The van der Waals surface area contributed by atoms with Gasteiger partial charge in [0.15, 0.2) is 0 Å². The third-order valence-corrected chi connectivity index (χ3v) is 4.24. The second kappa shape index (κ2) is 18.5. The number of amides is 1. The van der Waals surface area contributed by atoms with Crippen molar-refractivity contribution in [2.75, 3.05) is 32.8 Å². The molecule has 0 saturated heterocycles. The van der Waals surface area contributed by atoms with Crippen LogP contribution in [-0.4, -0.2) is 48.7 Å². The lowest BCUT2D eigenvalue weighted by atomic mass is 10.1. The van der Waals surface area contributed by atoms with E-state index in [1.165, 1.54) is 25.7 Å². The van der Waals surface area contributed by atoms with Crippen molar-refractivity contribution in [2.24, 2.45) is 0 Å². The van der Waals surface area contributed by atoms with Crippen LogP contribution in [0.3, 0.4) is 0 Å². The molecule has 142 valence electrons. The molecule has 4 nitrogen and oxygen atoms in total.